The summed E-state index contributed by atoms with van der Waals surface area (Å²) in [4.78, 5) is 11.6. The molecule has 0 radical (unpaired) electrons. The maximum atomic E-state index is 11.6. The van der Waals surface area contributed by atoms with Gasteiger partial charge in [0.15, 0.2) is 5.43 Å². The molecule has 2 aromatic rings. The van der Waals surface area contributed by atoms with Gasteiger partial charge < -0.3 is 9.30 Å². The van der Waals surface area contributed by atoms with Crippen molar-refractivity contribution in [2.45, 2.75) is 13.7 Å². The van der Waals surface area contributed by atoms with Gasteiger partial charge in [0.05, 0.1) is 5.52 Å². The molecule has 0 aliphatic rings. The molecule has 0 unspecified atom stereocenters. The number of para-hydroxylation sites is 1. The minimum Gasteiger partial charge on any atom is -0.361 e. The molecule has 15 heavy (non-hydrogen) atoms. The van der Waals surface area contributed by atoms with Crippen LogP contribution in [0.15, 0.2) is 41.3 Å². The highest BCUT2D eigenvalue weighted by Gasteiger charge is 2.00. The Balaban J connectivity index is 2.56. The average molecular weight is 203 g/mol. The van der Waals surface area contributed by atoms with E-state index in [1.165, 1.54) is 0 Å². The zero-order chi connectivity index (χ0) is 10.7. The van der Waals surface area contributed by atoms with Gasteiger partial charge in [-0.3, -0.25) is 4.79 Å². The largest absolute Gasteiger partial charge is 0.361 e. The summed E-state index contributed by atoms with van der Waals surface area (Å²) < 4.78 is 7.26. The summed E-state index contributed by atoms with van der Waals surface area (Å²) in [6, 6.07) is 9.12. The van der Waals surface area contributed by atoms with Crippen LogP contribution < -0.4 is 5.43 Å². The highest BCUT2D eigenvalue weighted by molar-refractivity contribution is 5.78. The van der Waals surface area contributed by atoms with Crippen molar-refractivity contribution in [3.05, 3.63) is 46.8 Å². The molecule has 1 aromatic carbocycles. The van der Waals surface area contributed by atoms with Crippen LogP contribution in [0.2, 0.25) is 0 Å². The van der Waals surface area contributed by atoms with Gasteiger partial charge in [0.2, 0.25) is 0 Å². The van der Waals surface area contributed by atoms with Crippen LogP contribution in [0.4, 0.5) is 0 Å². The Morgan fingerprint density at radius 1 is 1.27 bits per heavy atom. The zero-order valence-corrected chi connectivity index (χ0v) is 8.64. The van der Waals surface area contributed by atoms with Crippen LogP contribution in [0.25, 0.3) is 10.9 Å². The first-order valence-corrected chi connectivity index (χ1v) is 4.99. The first-order valence-electron chi connectivity index (χ1n) is 4.99. The van der Waals surface area contributed by atoms with Gasteiger partial charge in [0.1, 0.15) is 6.73 Å². The van der Waals surface area contributed by atoms with E-state index in [0.717, 1.165) is 10.9 Å². The summed E-state index contributed by atoms with van der Waals surface area (Å²) in [5.74, 6) is 0. The van der Waals surface area contributed by atoms with Crippen LogP contribution in [0.5, 0.6) is 0 Å². The molecular formula is C12H13NO2. The molecular weight excluding hydrogens is 190 g/mol. The van der Waals surface area contributed by atoms with Gasteiger partial charge in [0, 0.05) is 24.3 Å². The van der Waals surface area contributed by atoms with Crippen molar-refractivity contribution in [2.24, 2.45) is 0 Å². The third kappa shape index (κ3) is 1.92. The van der Waals surface area contributed by atoms with Crippen molar-refractivity contribution >= 4 is 10.9 Å². The molecule has 3 heteroatoms. The lowest BCUT2D eigenvalue weighted by Gasteiger charge is -2.09. The SMILES string of the molecule is CCOCn1ccc(=O)c2ccccc21. The Morgan fingerprint density at radius 2 is 2.07 bits per heavy atom. The Bertz CT molecular complexity index is 516. The lowest BCUT2D eigenvalue weighted by atomic mass is 10.2. The molecule has 1 heterocycles. The van der Waals surface area contributed by atoms with E-state index in [-0.39, 0.29) is 5.43 Å². The second kappa shape index (κ2) is 4.28. The van der Waals surface area contributed by atoms with E-state index < -0.39 is 0 Å². The Morgan fingerprint density at radius 3 is 2.87 bits per heavy atom. The number of ether oxygens (including phenoxy) is 1. The summed E-state index contributed by atoms with van der Waals surface area (Å²) in [6.07, 6.45) is 1.76. The molecule has 0 bridgehead atoms. The van der Waals surface area contributed by atoms with E-state index in [4.69, 9.17) is 4.74 Å². The third-order valence-corrected chi connectivity index (χ3v) is 2.32. The molecule has 0 N–H and O–H groups in total. The normalized spacial score (nSPS) is 10.7. The monoisotopic (exact) mass is 203 g/mol. The van der Waals surface area contributed by atoms with Crippen LogP contribution in [0.1, 0.15) is 6.92 Å². The van der Waals surface area contributed by atoms with Crippen molar-refractivity contribution in [1.82, 2.24) is 4.57 Å². The van der Waals surface area contributed by atoms with E-state index >= 15 is 0 Å². The molecule has 1 aromatic heterocycles. The summed E-state index contributed by atoms with van der Waals surface area (Å²) in [7, 11) is 0. The standard InChI is InChI=1S/C12H13NO2/c1-2-15-9-13-8-7-12(14)10-5-3-4-6-11(10)13/h3-8H,2,9H2,1H3. The van der Waals surface area contributed by atoms with E-state index in [1.807, 2.05) is 35.8 Å². The second-order valence-corrected chi connectivity index (χ2v) is 3.29. The molecule has 3 nitrogen and oxygen atoms in total. The minimum absolute atomic E-state index is 0.0540. The van der Waals surface area contributed by atoms with Gasteiger partial charge in [-0.25, -0.2) is 0 Å². The fraction of sp³-hybridized carbons (Fsp3) is 0.250. The van der Waals surface area contributed by atoms with Crippen molar-refractivity contribution < 1.29 is 4.74 Å². The lowest BCUT2D eigenvalue weighted by molar-refractivity contribution is 0.0905. The molecule has 0 saturated carbocycles. The predicted octanol–water partition coefficient (Wildman–Crippen LogP) is 2.00. The number of aromatic nitrogens is 1. The molecule has 0 amide bonds. The topological polar surface area (TPSA) is 31.2 Å². The predicted molar refractivity (Wildman–Crippen MR) is 59.8 cm³/mol. The molecule has 0 fully saturated rings. The van der Waals surface area contributed by atoms with E-state index in [9.17, 15) is 4.79 Å². The number of hydrogen-bond acceptors (Lipinski definition) is 2. The van der Waals surface area contributed by atoms with Crippen LogP contribution in [-0.2, 0) is 11.5 Å². The minimum atomic E-state index is 0.0540. The highest BCUT2D eigenvalue weighted by atomic mass is 16.5. The smallest absolute Gasteiger partial charge is 0.189 e. The van der Waals surface area contributed by atoms with Gasteiger partial charge in [-0.15, -0.1) is 0 Å². The summed E-state index contributed by atoms with van der Waals surface area (Å²) in [5.41, 5.74) is 0.969. The summed E-state index contributed by atoms with van der Waals surface area (Å²) in [6.45, 7) is 3.10. The van der Waals surface area contributed by atoms with Gasteiger partial charge in [-0.2, -0.15) is 0 Å². The molecule has 78 valence electrons. The van der Waals surface area contributed by atoms with E-state index in [2.05, 4.69) is 0 Å². The first-order chi connectivity index (χ1) is 7.33. The molecule has 0 atom stereocenters. The second-order valence-electron chi connectivity index (χ2n) is 3.29. The highest BCUT2D eigenvalue weighted by Crippen LogP contribution is 2.09. The maximum absolute atomic E-state index is 11.6. The average Bonchev–Trinajstić information content (AvgIpc) is 2.29. The zero-order valence-electron chi connectivity index (χ0n) is 8.64. The van der Waals surface area contributed by atoms with Gasteiger partial charge in [0.25, 0.3) is 0 Å². The quantitative estimate of drug-likeness (QED) is 0.764. The van der Waals surface area contributed by atoms with Crippen molar-refractivity contribution in [3.63, 3.8) is 0 Å². The molecule has 0 spiro atoms. The Hall–Kier alpha value is -1.61. The fourth-order valence-electron chi connectivity index (χ4n) is 1.56. The Kier molecular flexibility index (Phi) is 2.83. The number of benzene rings is 1. The molecule has 0 saturated heterocycles. The Labute approximate surface area is 87.9 Å². The maximum Gasteiger partial charge on any atom is 0.189 e. The molecule has 0 aliphatic carbocycles. The summed E-state index contributed by atoms with van der Waals surface area (Å²) in [5, 5.41) is 0.736. The van der Waals surface area contributed by atoms with Crippen molar-refractivity contribution in [3.8, 4) is 0 Å². The number of rotatable bonds is 3. The number of pyridine rings is 1. The summed E-state index contributed by atoms with van der Waals surface area (Å²) >= 11 is 0. The van der Waals surface area contributed by atoms with Crippen LogP contribution in [0, 0.1) is 0 Å². The van der Waals surface area contributed by atoms with E-state index in [1.54, 1.807) is 12.3 Å². The van der Waals surface area contributed by atoms with E-state index in [0.29, 0.717) is 13.3 Å². The fourth-order valence-corrected chi connectivity index (χ4v) is 1.56. The van der Waals surface area contributed by atoms with Crippen LogP contribution in [0.3, 0.4) is 0 Å². The van der Waals surface area contributed by atoms with Crippen LogP contribution in [-0.4, -0.2) is 11.2 Å². The number of hydrogen-bond donors (Lipinski definition) is 0. The number of nitrogens with zero attached hydrogens (tertiary/aromatic N) is 1. The van der Waals surface area contributed by atoms with Gasteiger partial charge in [-0.05, 0) is 19.1 Å². The molecule has 0 aliphatic heterocycles. The lowest BCUT2D eigenvalue weighted by Crippen LogP contribution is -2.09. The van der Waals surface area contributed by atoms with Gasteiger partial charge in [-0.1, -0.05) is 12.1 Å². The third-order valence-electron chi connectivity index (χ3n) is 2.32. The molecule has 2 rings (SSSR count). The van der Waals surface area contributed by atoms with Crippen LogP contribution >= 0.6 is 0 Å². The van der Waals surface area contributed by atoms with Gasteiger partial charge >= 0.3 is 0 Å². The van der Waals surface area contributed by atoms with Crippen molar-refractivity contribution in [1.29, 1.82) is 0 Å². The number of fused-ring (bicyclic) bond motifs is 1. The first kappa shape index (κ1) is 9.93. The van der Waals surface area contributed by atoms with Crippen molar-refractivity contribution in [2.75, 3.05) is 6.61 Å².